The second-order valence-electron chi connectivity index (χ2n) is 0. The van der Waals surface area contributed by atoms with E-state index in [9.17, 15) is 0 Å². The second-order valence-corrected chi connectivity index (χ2v) is 0. The predicted octanol–water partition coefficient (Wildman–Crippen LogP) is -4.89. The first-order valence-electron chi connectivity index (χ1n) is 0. The molecule has 0 bridgehead atoms. The van der Waals surface area contributed by atoms with Crippen molar-refractivity contribution in [1.29, 1.82) is 0 Å². The van der Waals surface area contributed by atoms with Gasteiger partial charge in [-0.05, 0) is 0 Å². The molecule has 0 aliphatic rings. The van der Waals surface area contributed by atoms with Gasteiger partial charge >= 0.3 is 18.9 Å². The molecule has 23 valence electrons. The molecule has 0 saturated carbocycles. The van der Waals surface area contributed by atoms with Crippen molar-refractivity contribution >= 4 is 17.4 Å². The third-order valence-corrected chi connectivity index (χ3v) is 0. The van der Waals surface area contributed by atoms with Gasteiger partial charge in [0.15, 0.2) is 17.4 Å². The maximum atomic E-state index is 0. The van der Waals surface area contributed by atoms with Gasteiger partial charge in [0.05, 0.1) is 0 Å². The van der Waals surface area contributed by atoms with E-state index in [1.807, 2.05) is 0 Å². The Hall–Kier alpha value is 1.61. The van der Waals surface area contributed by atoms with E-state index in [0.29, 0.717) is 0 Å². The Morgan fingerprint density at radius 1 is 1.25 bits per heavy atom. The molecule has 1 nitrogen and oxygen atoms in total. The smallest absolute Gasteiger partial charge is 1.00 e. The van der Waals surface area contributed by atoms with Crippen molar-refractivity contribution in [2.24, 2.45) is 0 Å². The molecule has 0 unspecified atom stereocenters. The van der Waals surface area contributed by atoms with Crippen molar-refractivity contribution < 1.29 is 42.8 Å². The summed E-state index contributed by atoms with van der Waals surface area (Å²) in [6, 6.07) is 0. The van der Waals surface area contributed by atoms with E-state index >= 15 is 0 Å². The molecular weight excluding hydrogens is 105 g/mol. The summed E-state index contributed by atoms with van der Waals surface area (Å²) in [6.45, 7) is 0. The molecule has 0 aromatic heterocycles. The SMILES string of the molecule is O.[AlH3].[H-].[Li+].[Mn]. The topological polar surface area (TPSA) is 31.5 Å². The van der Waals surface area contributed by atoms with Crippen molar-refractivity contribution in [3.05, 3.63) is 0 Å². The Morgan fingerprint density at radius 3 is 1.25 bits per heavy atom. The quantitative estimate of drug-likeness (QED) is 0.280. The summed E-state index contributed by atoms with van der Waals surface area (Å²) in [4.78, 5) is 0. The second kappa shape index (κ2) is 23.2. The summed E-state index contributed by atoms with van der Waals surface area (Å²) in [5.74, 6) is 0. The first-order valence-corrected chi connectivity index (χ1v) is 0. The molecule has 0 fully saturated rings. The average molecular weight is 111 g/mol. The van der Waals surface area contributed by atoms with Crippen LogP contribution in [-0.4, -0.2) is 22.8 Å². The molecule has 0 spiro atoms. The van der Waals surface area contributed by atoms with Crippen molar-refractivity contribution in [2.45, 2.75) is 0 Å². The van der Waals surface area contributed by atoms with E-state index < -0.39 is 0 Å². The van der Waals surface area contributed by atoms with Gasteiger partial charge in [-0.25, -0.2) is 0 Å². The normalized spacial score (nSPS) is 0. The minimum atomic E-state index is 0. The molecule has 0 aliphatic heterocycles. The van der Waals surface area contributed by atoms with Gasteiger partial charge < -0.3 is 6.90 Å². The van der Waals surface area contributed by atoms with Crippen molar-refractivity contribution in [1.82, 2.24) is 0 Å². The van der Waals surface area contributed by atoms with Crippen LogP contribution in [0.15, 0.2) is 0 Å². The van der Waals surface area contributed by atoms with Crippen molar-refractivity contribution in [2.75, 3.05) is 0 Å². The molecule has 0 aromatic rings. The average Bonchev–Trinajstić information content (AvgIpc) is 0. The van der Waals surface area contributed by atoms with Crippen LogP contribution in [0.5, 0.6) is 0 Å². The van der Waals surface area contributed by atoms with Crippen LogP contribution >= 0.6 is 0 Å². The van der Waals surface area contributed by atoms with Crippen LogP contribution in [0.1, 0.15) is 1.43 Å². The summed E-state index contributed by atoms with van der Waals surface area (Å²) in [6.07, 6.45) is 0. The van der Waals surface area contributed by atoms with Crippen molar-refractivity contribution in [3.63, 3.8) is 0 Å². The fraction of sp³-hybridized carbons (Fsp3) is 0. The molecule has 0 heterocycles. The summed E-state index contributed by atoms with van der Waals surface area (Å²) >= 11 is 0. The summed E-state index contributed by atoms with van der Waals surface area (Å²) in [5, 5.41) is 0. The van der Waals surface area contributed by atoms with Crippen LogP contribution in [0, 0.1) is 0 Å². The van der Waals surface area contributed by atoms with Gasteiger partial charge in [0, 0.05) is 17.1 Å². The zero-order valence-electron chi connectivity index (χ0n) is 2.88. The first kappa shape index (κ1) is 46.0. The van der Waals surface area contributed by atoms with Gasteiger partial charge in [-0.2, -0.15) is 0 Å². The monoisotopic (exact) mass is 111 g/mol. The van der Waals surface area contributed by atoms with Crippen LogP contribution in [0.2, 0.25) is 0 Å². The maximum Gasteiger partial charge on any atom is 1.00 e. The standard InChI is InChI=1S/Al.Li.Mn.H2O.4H/h;;;1H2;;;;/q;+1;;;;;;-1. The van der Waals surface area contributed by atoms with E-state index in [0.717, 1.165) is 0 Å². The Bertz CT molecular complexity index is 11.6. The number of rotatable bonds is 0. The van der Waals surface area contributed by atoms with E-state index in [2.05, 4.69) is 0 Å². The van der Waals surface area contributed by atoms with Crippen LogP contribution < -0.4 is 18.9 Å². The third kappa shape index (κ3) is 9.49. The summed E-state index contributed by atoms with van der Waals surface area (Å²) in [5.41, 5.74) is 0. The Labute approximate surface area is 60.1 Å². The largest absolute Gasteiger partial charge is 1.00 e. The molecule has 0 amide bonds. The minimum Gasteiger partial charge on any atom is -1.00 e. The number of hydrogen-bond donors (Lipinski definition) is 0. The summed E-state index contributed by atoms with van der Waals surface area (Å²) in [7, 11) is 0. The number of hydrogen-bond acceptors (Lipinski definition) is 0. The van der Waals surface area contributed by atoms with Gasteiger partial charge in [0.25, 0.3) is 0 Å². The van der Waals surface area contributed by atoms with Gasteiger partial charge in [-0.3, -0.25) is 0 Å². The van der Waals surface area contributed by atoms with Gasteiger partial charge in [-0.1, -0.05) is 0 Å². The zero-order valence-corrected chi connectivity index (χ0v) is 3.06. The molecule has 0 aliphatic carbocycles. The minimum absolute atomic E-state index is 0. The molecule has 0 rings (SSSR count). The Kier molecular flexibility index (Phi) is 267. The fourth-order valence-electron chi connectivity index (χ4n) is 0. The molecule has 2 N–H and O–H groups in total. The third-order valence-electron chi connectivity index (χ3n) is 0. The van der Waals surface area contributed by atoms with Gasteiger partial charge in [-0.15, -0.1) is 0 Å². The van der Waals surface area contributed by atoms with E-state index in [1.165, 1.54) is 0 Å². The van der Waals surface area contributed by atoms with Crippen LogP contribution in [0.3, 0.4) is 0 Å². The predicted molar refractivity (Wildman–Crippen MR) is 14.7 cm³/mol. The van der Waals surface area contributed by atoms with Gasteiger partial charge in [0.2, 0.25) is 0 Å². The molecule has 0 saturated heterocycles. The zero-order chi connectivity index (χ0) is 0. The van der Waals surface area contributed by atoms with Crippen molar-refractivity contribution in [3.8, 4) is 0 Å². The van der Waals surface area contributed by atoms with Crippen LogP contribution in [0.4, 0.5) is 0 Å². The van der Waals surface area contributed by atoms with Gasteiger partial charge in [0.1, 0.15) is 0 Å². The van der Waals surface area contributed by atoms with E-state index in [1.54, 1.807) is 0 Å². The van der Waals surface area contributed by atoms with E-state index in [4.69, 9.17) is 0 Å². The Balaban J connectivity index is 0. The molecule has 1 radical (unpaired) electrons. The van der Waals surface area contributed by atoms with Crippen LogP contribution in [0.25, 0.3) is 0 Å². The Morgan fingerprint density at radius 2 is 1.25 bits per heavy atom. The molecule has 4 heavy (non-hydrogen) atoms. The molecule has 0 aromatic carbocycles. The van der Waals surface area contributed by atoms with Crippen LogP contribution in [-0.2, 0) is 17.1 Å². The molecular formula is H6AlLiMnO. The molecule has 0 atom stereocenters. The maximum absolute atomic E-state index is 0. The van der Waals surface area contributed by atoms with E-state index in [-0.39, 0.29) is 60.2 Å². The molecule has 4 heteroatoms. The summed E-state index contributed by atoms with van der Waals surface area (Å²) < 4.78 is 0. The first-order chi connectivity index (χ1) is 0. The fourth-order valence-corrected chi connectivity index (χ4v) is 0.